The van der Waals surface area contributed by atoms with Gasteiger partial charge in [0.2, 0.25) is 0 Å². The maximum absolute atomic E-state index is 8.91. The van der Waals surface area contributed by atoms with Crippen LogP contribution in [-0.2, 0) is 0 Å². The van der Waals surface area contributed by atoms with E-state index in [4.69, 9.17) is 5.26 Å². The number of aryl methyl sites for hydroxylation is 2. The SMILES string of the molecule is Cc1cc(C)cc(-c2nc3ccc(C#N)cc3[nH]2)c1. The summed E-state index contributed by atoms with van der Waals surface area (Å²) < 4.78 is 0. The van der Waals surface area contributed by atoms with Crippen LogP contribution in [0.2, 0.25) is 0 Å². The van der Waals surface area contributed by atoms with Gasteiger partial charge in [0, 0.05) is 5.56 Å². The van der Waals surface area contributed by atoms with Crippen molar-refractivity contribution < 1.29 is 0 Å². The number of fused-ring (bicyclic) bond motifs is 1. The van der Waals surface area contributed by atoms with Crippen molar-refractivity contribution in [3.63, 3.8) is 0 Å². The highest BCUT2D eigenvalue weighted by Gasteiger charge is 2.06. The normalized spacial score (nSPS) is 10.6. The lowest BCUT2D eigenvalue weighted by Crippen LogP contribution is -1.84. The number of imidazole rings is 1. The Morgan fingerprint density at radius 3 is 2.47 bits per heavy atom. The first-order chi connectivity index (χ1) is 9.15. The van der Waals surface area contributed by atoms with Crippen LogP contribution in [0.1, 0.15) is 16.7 Å². The zero-order valence-corrected chi connectivity index (χ0v) is 10.9. The number of nitrogens with one attached hydrogen (secondary N) is 1. The van der Waals surface area contributed by atoms with Gasteiger partial charge in [-0.1, -0.05) is 17.2 Å². The van der Waals surface area contributed by atoms with Crippen molar-refractivity contribution in [1.29, 1.82) is 5.26 Å². The number of H-pyrrole nitrogens is 1. The summed E-state index contributed by atoms with van der Waals surface area (Å²) in [7, 11) is 0. The molecule has 1 heterocycles. The summed E-state index contributed by atoms with van der Waals surface area (Å²) in [6.07, 6.45) is 0. The zero-order chi connectivity index (χ0) is 13.4. The van der Waals surface area contributed by atoms with Crippen LogP contribution in [0.3, 0.4) is 0 Å². The van der Waals surface area contributed by atoms with Gasteiger partial charge in [-0.15, -0.1) is 0 Å². The van der Waals surface area contributed by atoms with Gasteiger partial charge in [0.25, 0.3) is 0 Å². The highest BCUT2D eigenvalue weighted by atomic mass is 14.9. The first-order valence-corrected chi connectivity index (χ1v) is 6.14. The highest BCUT2D eigenvalue weighted by Crippen LogP contribution is 2.23. The molecule has 0 saturated heterocycles. The molecule has 0 aliphatic heterocycles. The third-order valence-corrected chi connectivity index (χ3v) is 3.11. The van der Waals surface area contributed by atoms with Crippen molar-refractivity contribution in [3.05, 3.63) is 53.1 Å². The van der Waals surface area contributed by atoms with Crippen molar-refractivity contribution in [3.8, 4) is 17.5 Å². The fraction of sp³-hybridized carbons (Fsp3) is 0.125. The van der Waals surface area contributed by atoms with Crippen LogP contribution >= 0.6 is 0 Å². The van der Waals surface area contributed by atoms with Gasteiger partial charge in [-0.2, -0.15) is 5.26 Å². The minimum Gasteiger partial charge on any atom is -0.338 e. The molecular weight excluding hydrogens is 234 g/mol. The van der Waals surface area contributed by atoms with Crippen LogP contribution in [0.4, 0.5) is 0 Å². The van der Waals surface area contributed by atoms with E-state index in [9.17, 15) is 0 Å². The number of hydrogen-bond acceptors (Lipinski definition) is 2. The minimum atomic E-state index is 0.642. The Bertz CT molecular complexity index is 786. The Balaban J connectivity index is 2.18. The average Bonchev–Trinajstić information content (AvgIpc) is 2.80. The number of nitriles is 1. The summed E-state index contributed by atoms with van der Waals surface area (Å²) in [5.41, 5.74) is 5.93. The van der Waals surface area contributed by atoms with Crippen molar-refractivity contribution in [2.75, 3.05) is 0 Å². The molecule has 0 aliphatic carbocycles. The molecular formula is C16H13N3. The molecule has 0 saturated carbocycles. The third-order valence-electron chi connectivity index (χ3n) is 3.11. The summed E-state index contributed by atoms with van der Waals surface area (Å²) in [5, 5.41) is 8.91. The first kappa shape index (κ1) is 11.5. The molecule has 19 heavy (non-hydrogen) atoms. The van der Waals surface area contributed by atoms with Crippen LogP contribution in [0, 0.1) is 25.2 Å². The summed E-state index contributed by atoms with van der Waals surface area (Å²) in [6.45, 7) is 4.15. The first-order valence-electron chi connectivity index (χ1n) is 6.14. The molecule has 0 fully saturated rings. The smallest absolute Gasteiger partial charge is 0.138 e. The van der Waals surface area contributed by atoms with Gasteiger partial charge in [-0.05, 0) is 44.2 Å². The fourth-order valence-corrected chi connectivity index (χ4v) is 2.33. The number of aromatic nitrogens is 2. The maximum Gasteiger partial charge on any atom is 0.138 e. The highest BCUT2D eigenvalue weighted by molar-refractivity contribution is 5.80. The summed E-state index contributed by atoms with van der Waals surface area (Å²) in [6, 6.07) is 14.0. The van der Waals surface area contributed by atoms with E-state index in [-0.39, 0.29) is 0 Å². The van der Waals surface area contributed by atoms with E-state index in [1.54, 1.807) is 6.07 Å². The fourth-order valence-electron chi connectivity index (χ4n) is 2.33. The molecule has 0 radical (unpaired) electrons. The minimum absolute atomic E-state index is 0.642. The Morgan fingerprint density at radius 2 is 1.79 bits per heavy atom. The predicted octanol–water partition coefficient (Wildman–Crippen LogP) is 3.72. The van der Waals surface area contributed by atoms with E-state index < -0.39 is 0 Å². The van der Waals surface area contributed by atoms with Crippen molar-refractivity contribution in [1.82, 2.24) is 9.97 Å². The molecule has 0 aliphatic rings. The molecule has 3 nitrogen and oxygen atoms in total. The van der Waals surface area contributed by atoms with Crippen LogP contribution in [0.25, 0.3) is 22.4 Å². The van der Waals surface area contributed by atoms with Crippen molar-refractivity contribution >= 4 is 11.0 Å². The van der Waals surface area contributed by atoms with Gasteiger partial charge >= 0.3 is 0 Å². The van der Waals surface area contributed by atoms with Crippen LogP contribution in [-0.4, -0.2) is 9.97 Å². The molecule has 0 spiro atoms. The second-order valence-electron chi connectivity index (χ2n) is 4.81. The Morgan fingerprint density at radius 1 is 1.05 bits per heavy atom. The summed E-state index contributed by atoms with van der Waals surface area (Å²) >= 11 is 0. The van der Waals surface area contributed by atoms with Crippen LogP contribution in [0.15, 0.2) is 36.4 Å². The number of nitrogens with zero attached hydrogens (tertiary/aromatic N) is 2. The molecule has 3 rings (SSSR count). The van der Waals surface area contributed by atoms with Gasteiger partial charge in [0.1, 0.15) is 5.82 Å². The van der Waals surface area contributed by atoms with E-state index in [0.29, 0.717) is 5.56 Å². The van der Waals surface area contributed by atoms with Crippen LogP contribution < -0.4 is 0 Å². The molecule has 3 heteroatoms. The quantitative estimate of drug-likeness (QED) is 0.712. The number of rotatable bonds is 1. The lowest BCUT2D eigenvalue weighted by Gasteiger charge is -2.01. The monoisotopic (exact) mass is 247 g/mol. The molecule has 92 valence electrons. The van der Waals surface area contributed by atoms with Gasteiger partial charge in [-0.25, -0.2) is 4.98 Å². The second-order valence-corrected chi connectivity index (χ2v) is 4.81. The van der Waals surface area contributed by atoms with Gasteiger partial charge in [0.05, 0.1) is 22.7 Å². The average molecular weight is 247 g/mol. The Labute approximate surface area is 111 Å². The summed E-state index contributed by atoms with van der Waals surface area (Å²) in [4.78, 5) is 7.85. The second kappa shape index (κ2) is 4.25. The van der Waals surface area contributed by atoms with Gasteiger partial charge in [0.15, 0.2) is 0 Å². The van der Waals surface area contributed by atoms with Crippen molar-refractivity contribution in [2.24, 2.45) is 0 Å². The van der Waals surface area contributed by atoms with E-state index >= 15 is 0 Å². The van der Waals surface area contributed by atoms with E-state index in [0.717, 1.165) is 22.4 Å². The van der Waals surface area contributed by atoms with Gasteiger partial charge in [-0.3, -0.25) is 0 Å². The molecule has 0 bridgehead atoms. The van der Waals surface area contributed by atoms with Crippen molar-refractivity contribution in [2.45, 2.75) is 13.8 Å². The number of benzene rings is 2. The molecule has 2 aromatic carbocycles. The van der Waals surface area contributed by atoms with Gasteiger partial charge < -0.3 is 4.98 Å². The molecule has 3 aromatic rings. The molecule has 1 N–H and O–H groups in total. The third kappa shape index (κ3) is 2.09. The molecule has 0 atom stereocenters. The molecule has 0 unspecified atom stereocenters. The molecule has 0 amide bonds. The lowest BCUT2D eigenvalue weighted by atomic mass is 10.1. The Hall–Kier alpha value is -2.60. The topological polar surface area (TPSA) is 52.5 Å². The van der Waals surface area contributed by atoms with E-state index in [2.05, 4.69) is 48.1 Å². The lowest BCUT2D eigenvalue weighted by molar-refractivity contribution is 1.30. The summed E-state index contributed by atoms with van der Waals surface area (Å²) in [5.74, 6) is 0.844. The van der Waals surface area contributed by atoms with E-state index in [1.165, 1.54) is 11.1 Å². The van der Waals surface area contributed by atoms with Crippen LogP contribution in [0.5, 0.6) is 0 Å². The predicted molar refractivity (Wildman–Crippen MR) is 75.7 cm³/mol. The zero-order valence-electron chi connectivity index (χ0n) is 10.9. The Kier molecular flexibility index (Phi) is 2.57. The molecule has 1 aromatic heterocycles. The maximum atomic E-state index is 8.91. The number of aromatic amines is 1. The standard InChI is InChI=1S/C16H13N3/c1-10-5-11(2)7-13(6-10)16-18-14-4-3-12(9-17)8-15(14)19-16/h3-8H,1-2H3,(H,18,19). The van der Waals surface area contributed by atoms with E-state index in [1.807, 2.05) is 12.1 Å². The number of hydrogen-bond donors (Lipinski definition) is 1. The largest absolute Gasteiger partial charge is 0.338 e.